The molecule has 0 fully saturated rings. The highest BCUT2D eigenvalue weighted by molar-refractivity contribution is 6.31. The Balaban J connectivity index is 1.81. The van der Waals surface area contributed by atoms with Crippen molar-refractivity contribution in [2.75, 3.05) is 5.32 Å². The highest BCUT2D eigenvalue weighted by Crippen LogP contribution is 2.20. The Bertz CT molecular complexity index is 899. The molecule has 6 nitrogen and oxygen atoms in total. The molecule has 0 unspecified atom stereocenters. The largest absolute Gasteiger partial charge is 0.378 e. The summed E-state index contributed by atoms with van der Waals surface area (Å²) in [5, 5.41) is 6.90. The van der Waals surface area contributed by atoms with Gasteiger partial charge in [-0.2, -0.15) is 9.50 Å². The van der Waals surface area contributed by atoms with Crippen molar-refractivity contribution in [1.82, 2.24) is 19.6 Å². The van der Waals surface area contributed by atoms with Gasteiger partial charge in [-0.25, -0.2) is 4.98 Å². The van der Waals surface area contributed by atoms with Crippen LogP contribution in [0.1, 0.15) is 30.4 Å². The number of benzene rings is 1. The van der Waals surface area contributed by atoms with Gasteiger partial charge in [0.1, 0.15) is 5.82 Å². The van der Waals surface area contributed by atoms with Crippen molar-refractivity contribution in [2.45, 2.75) is 33.2 Å². The van der Waals surface area contributed by atoms with Crippen molar-refractivity contribution in [3.63, 3.8) is 0 Å². The van der Waals surface area contributed by atoms with Crippen LogP contribution in [0.4, 0.5) is 5.69 Å². The van der Waals surface area contributed by atoms with E-state index in [1.54, 1.807) is 6.07 Å². The van der Waals surface area contributed by atoms with Crippen LogP contribution in [0.25, 0.3) is 5.78 Å². The second-order valence-corrected chi connectivity index (χ2v) is 5.87. The number of halogens is 1. The summed E-state index contributed by atoms with van der Waals surface area (Å²) < 4.78 is 1.36. The molecule has 2 N–H and O–H groups in total. The summed E-state index contributed by atoms with van der Waals surface area (Å²) >= 11 is 6.11. The first-order chi connectivity index (χ1) is 11.1. The van der Waals surface area contributed by atoms with Crippen molar-refractivity contribution in [1.29, 1.82) is 0 Å². The third-order valence-electron chi connectivity index (χ3n) is 3.57. The molecule has 2 heterocycles. The van der Waals surface area contributed by atoms with Gasteiger partial charge in [-0.1, -0.05) is 31.0 Å². The van der Waals surface area contributed by atoms with Gasteiger partial charge in [-0.3, -0.25) is 9.89 Å². The molecule has 23 heavy (non-hydrogen) atoms. The molecule has 0 aliphatic rings. The first kappa shape index (κ1) is 15.6. The summed E-state index contributed by atoms with van der Waals surface area (Å²) in [6, 6.07) is 7.31. The van der Waals surface area contributed by atoms with Gasteiger partial charge >= 0.3 is 0 Å². The van der Waals surface area contributed by atoms with Gasteiger partial charge in [0.2, 0.25) is 0 Å². The van der Waals surface area contributed by atoms with E-state index < -0.39 is 0 Å². The van der Waals surface area contributed by atoms with Crippen LogP contribution < -0.4 is 10.9 Å². The van der Waals surface area contributed by atoms with Crippen LogP contribution >= 0.6 is 11.6 Å². The summed E-state index contributed by atoms with van der Waals surface area (Å²) in [7, 11) is 0. The van der Waals surface area contributed by atoms with Gasteiger partial charge in [0, 0.05) is 16.8 Å². The number of aryl methyl sites for hydroxylation is 2. The van der Waals surface area contributed by atoms with Crippen LogP contribution in [0.5, 0.6) is 0 Å². The van der Waals surface area contributed by atoms with Crippen LogP contribution in [0, 0.1) is 6.92 Å². The molecule has 0 bridgehead atoms. The second kappa shape index (κ2) is 6.42. The fourth-order valence-corrected chi connectivity index (χ4v) is 2.50. The minimum atomic E-state index is -0.143. The van der Waals surface area contributed by atoms with Crippen LogP contribution in [-0.4, -0.2) is 19.6 Å². The van der Waals surface area contributed by atoms with Crippen molar-refractivity contribution in [3.05, 3.63) is 56.7 Å². The zero-order valence-corrected chi connectivity index (χ0v) is 13.8. The van der Waals surface area contributed by atoms with E-state index in [4.69, 9.17) is 11.6 Å². The van der Waals surface area contributed by atoms with Crippen LogP contribution in [0.3, 0.4) is 0 Å². The number of H-pyrrole nitrogens is 1. The van der Waals surface area contributed by atoms with E-state index in [0.717, 1.165) is 29.8 Å². The maximum absolute atomic E-state index is 12.1. The average Bonchev–Trinajstić information content (AvgIpc) is 2.92. The maximum atomic E-state index is 12.1. The molecule has 3 rings (SSSR count). The number of aromatic amines is 1. The minimum Gasteiger partial charge on any atom is -0.378 e. The maximum Gasteiger partial charge on any atom is 0.274 e. The molecule has 3 aromatic rings. The molecule has 7 heteroatoms. The standard InChI is InChI=1S/C16H18ClN5O/c1-3-4-12-8-15(23)22-16(19-12)20-14(21-22)9-18-11-6-5-10(2)13(17)7-11/h5-8,18H,3-4,9H2,1-2H3,(H,19,20,21). The molecule has 0 saturated heterocycles. The smallest absolute Gasteiger partial charge is 0.274 e. The van der Waals surface area contributed by atoms with Gasteiger partial charge in [-0.05, 0) is 31.0 Å². The van der Waals surface area contributed by atoms with Crippen molar-refractivity contribution >= 4 is 23.1 Å². The number of aromatic nitrogens is 4. The molecule has 0 aliphatic heterocycles. The average molecular weight is 332 g/mol. The van der Waals surface area contributed by atoms with E-state index in [1.165, 1.54) is 4.52 Å². The first-order valence-corrected chi connectivity index (χ1v) is 7.92. The Morgan fingerprint density at radius 1 is 1.30 bits per heavy atom. The monoisotopic (exact) mass is 331 g/mol. The Labute approximate surface area is 138 Å². The molecule has 0 spiro atoms. The Morgan fingerprint density at radius 2 is 2.13 bits per heavy atom. The second-order valence-electron chi connectivity index (χ2n) is 5.46. The zero-order chi connectivity index (χ0) is 16.4. The molecular formula is C16H18ClN5O. The summed E-state index contributed by atoms with van der Waals surface area (Å²) in [6.45, 7) is 4.46. The molecule has 2 aromatic heterocycles. The lowest BCUT2D eigenvalue weighted by atomic mass is 10.2. The van der Waals surface area contributed by atoms with E-state index >= 15 is 0 Å². The molecule has 0 saturated carbocycles. The highest BCUT2D eigenvalue weighted by Gasteiger charge is 2.08. The minimum absolute atomic E-state index is 0.143. The van der Waals surface area contributed by atoms with Crippen LogP contribution in [0.15, 0.2) is 29.1 Å². The third kappa shape index (κ3) is 3.37. The topological polar surface area (TPSA) is 75.1 Å². The molecule has 0 atom stereocenters. The summed E-state index contributed by atoms with van der Waals surface area (Å²) in [6.07, 6.45) is 1.71. The quantitative estimate of drug-likeness (QED) is 0.753. The van der Waals surface area contributed by atoms with Crippen molar-refractivity contribution < 1.29 is 0 Å². The fourth-order valence-electron chi connectivity index (χ4n) is 2.32. The third-order valence-corrected chi connectivity index (χ3v) is 3.98. The molecule has 0 radical (unpaired) electrons. The number of hydrogen-bond acceptors (Lipinski definition) is 4. The SMILES string of the molecule is CCCc1cc(=O)n2[nH]c(CNc3ccc(C)c(Cl)c3)nc2n1. The van der Waals surface area contributed by atoms with Crippen molar-refractivity contribution in [3.8, 4) is 0 Å². The lowest BCUT2D eigenvalue weighted by molar-refractivity contribution is 0.825. The summed E-state index contributed by atoms with van der Waals surface area (Å²) in [4.78, 5) is 20.8. The van der Waals surface area contributed by atoms with Gasteiger partial charge in [0.05, 0.1) is 12.2 Å². The number of hydrogen-bond donors (Lipinski definition) is 2. The predicted octanol–water partition coefficient (Wildman–Crippen LogP) is 2.94. The normalized spacial score (nSPS) is 11.1. The molecular weight excluding hydrogens is 314 g/mol. The highest BCUT2D eigenvalue weighted by atomic mass is 35.5. The number of fused-ring (bicyclic) bond motifs is 1. The van der Waals surface area contributed by atoms with Gasteiger partial charge in [-0.15, -0.1) is 0 Å². The number of anilines is 1. The Morgan fingerprint density at radius 3 is 2.87 bits per heavy atom. The van der Waals surface area contributed by atoms with Gasteiger partial charge in [0.15, 0.2) is 0 Å². The molecule has 0 aliphatic carbocycles. The molecule has 0 amide bonds. The first-order valence-electron chi connectivity index (χ1n) is 7.54. The Kier molecular flexibility index (Phi) is 4.34. The van der Waals surface area contributed by atoms with E-state index in [2.05, 4.69) is 27.3 Å². The van der Waals surface area contributed by atoms with Gasteiger partial charge < -0.3 is 5.32 Å². The predicted molar refractivity (Wildman–Crippen MR) is 91.1 cm³/mol. The lowest BCUT2D eigenvalue weighted by Crippen LogP contribution is -2.15. The number of nitrogens with one attached hydrogen (secondary N) is 2. The van der Waals surface area contributed by atoms with E-state index in [1.807, 2.05) is 25.1 Å². The zero-order valence-electron chi connectivity index (χ0n) is 13.1. The lowest BCUT2D eigenvalue weighted by Gasteiger charge is -2.05. The summed E-state index contributed by atoms with van der Waals surface area (Å²) in [5.74, 6) is 1.04. The summed E-state index contributed by atoms with van der Waals surface area (Å²) in [5.41, 5.74) is 2.55. The molecule has 120 valence electrons. The van der Waals surface area contributed by atoms with Gasteiger partial charge in [0.25, 0.3) is 11.3 Å². The fraction of sp³-hybridized carbons (Fsp3) is 0.312. The molecule has 1 aromatic carbocycles. The van der Waals surface area contributed by atoms with Crippen molar-refractivity contribution in [2.24, 2.45) is 0 Å². The number of rotatable bonds is 5. The van der Waals surface area contributed by atoms with E-state index in [-0.39, 0.29) is 5.56 Å². The number of nitrogens with zero attached hydrogens (tertiary/aromatic N) is 3. The van der Waals surface area contributed by atoms with E-state index in [0.29, 0.717) is 23.2 Å². The van der Waals surface area contributed by atoms with Crippen LogP contribution in [0.2, 0.25) is 5.02 Å². The van der Waals surface area contributed by atoms with Crippen LogP contribution in [-0.2, 0) is 13.0 Å². The van der Waals surface area contributed by atoms with E-state index in [9.17, 15) is 4.79 Å². The Hall–Kier alpha value is -2.34.